The van der Waals surface area contributed by atoms with Gasteiger partial charge in [0.05, 0.1) is 0 Å². The maximum absolute atomic E-state index is 6.11. The van der Waals surface area contributed by atoms with Crippen LogP contribution in [0.25, 0.3) is 0 Å². The second-order valence-corrected chi connectivity index (χ2v) is 6.95. The zero-order chi connectivity index (χ0) is 16.1. The first kappa shape index (κ1) is 20.9. The van der Waals surface area contributed by atoms with Crippen LogP contribution >= 0.6 is 23.2 Å². The average molecular weight is 335 g/mol. The lowest BCUT2D eigenvalue weighted by Gasteiger charge is -2.06. The topological polar surface area (TPSA) is 24.7 Å². The minimum Gasteiger partial charge on any atom is -0.294 e. The van der Waals surface area contributed by atoms with Gasteiger partial charge in [0.15, 0.2) is 0 Å². The summed E-state index contributed by atoms with van der Waals surface area (Å²) in [4.78, 5) is 9.15. The number of rotatable bonds is 12. The number of unbranched alkanes of at least 4 members (excludes halogenated alkanes) is 2. The molecule has 4 heteroatoms. The molecule has 0 fully saturated rings. The monoisotopic (exact) mass is 334 g/mol. The number of halogens is 2. The predicted molar refractivity (Wildman–Crippen MR) is 98.9 cm³/mol. The molecule has 0 rings (SSSR count). The Morgan fingerprint density at radius 2 is 1.14 bits per heavy atom. The highest BCUT2D eigenvalue weighted by Crippen LogP contribution is 2.09. The van der Waals surface area contributed by atoms with E-state index < -0.39 is 0 Å². The van der Waals surface area contributed by atoms with Crippen molar-refractivity contribution in [3.8, 4) is 0 Å². The molecule has 124 valence electrons. The van der Waals surface area contributed by atoms with Crippen molar-refractivity contribution in [2.75, 3.05) is 13.1 Å². The fourth-order valence-electron chi connectivity index (χ4n) is 2.00. The zero-order valence-corrected chi connectivity index (χ0v) is 15.7. The molecule has 2 unspecified atom stereocenters. The molecular formula is C17H32Cl2N2. The molecule has 2 atom stereocenters. The minimum atomic E-state index is 0.236. The highest BCUT2D eigenvalue weighted by Gasteiger charge is 2.03. The summed E-state index contributed by atoms with van der Waals surface area (Å²) >= 11 is 12.2. The van der Waals surface area contributed by atoms with Gasteiger partial charge in [0.1, 0.15) is 0 Å². The van der Waals surface area contributed by atoms with E-state index in [1.807, 2.05) is 0 Å². The minimum absolute atomic E-state index is 0.236. The normalized spacial score (nSPS) is 16.1. The van der Waals surface area contributed by atoms with Gasteiger partial charge >= 0.3 is 0 Å². The lowest BCUT2D eigenvalue weighted by atomic mass is 10.2. The molecule has 0 spiro atoms. The van der Waals surface area contributed by atoms with E-state index in [-0.39, 0.29) is 10.8 Å². The Bertz CT molecular complexity index is 284. The number of aliphatic imine (C=N–C) groups is 2. The Morgan fingerprint density at radius 3 is 1.48 bits per heavy atom. The summed E-state index contributed by atoms with van der Waals surface area (Å²) in [6.07, 6.45) is 7.30. The van der Waals surface area contributed by atoms with E-state index in [0.717, 1.165) is 51.6 Å². The van der Waals surface area contributed by atoms with E-state index in [0.29, 0.717) is 0 Å². The third kappa shape index (κ3) is 13.3. The fourth-order valence-corrected chi connectivity index (χ4v) is 2.45. The molecular weight excluding hydrogens is 303 g/mol. The maximum Gasteiger partial charge on any atom is 0.0388 e. The van der Waals surface area contributed by atoms with E-state index in [4.69, 9.17) is 23.2 Å². The Balaban J connectivity index is 3.64. The molecule has 21 heavy (non-hydrogen) atoms. The summed E-state index contributed by atoms with van der Waals surface area (Å²) in [5.74, 6) is 0. The van der Waals surface area contributed by atoms with Gasteiger partial charge in [-0.2, -0.15) is 0 Å². The van der Waals surface area contributed by atoms with E-state index in [1.54, 1.807) is 0 Å². The molecule has 0 bridgehead atoms. The largest absolute Gasteiger partial charge is 0.294 e. The molecule has 0 N–H and O–H groups in total. The van der Waals surface area contributed by atoms with Crippen molar-refractivity contribution in [1.29, 1.82) is 0 Å². The smallest absolute Gasteiger partial charge is 0.0388 e. The Morgan fingerprint density at radius 1 is 0.762 bits per heavy atom. The van der Waals surface area contributed by atoms with Gasteiger partial charge in [0.2, 0.25) is 0 Å². The van der Waals surface area contributed by atoms with Gasteiger partial charge in [-0.05, 0) is 46.0 Å². The standard InChI is InChI=1S/C17H32Cl2N2/c1-5-16(18)12-14(3)20-10-8-7-9-11-21-15(4)13-17(19)6-2/h16-17H,5-13H2,1-4H3. The molecule has 0 saturated carbocycles. The van der Waals surface area contributed by atoms with Gasteiger partial charge in [-0.15, -0.1) is 23.2 Å². The predicted octanol–water partition coefficient (Wildman–Crippen LogP) is 5.89. The third-order valence-electron chi connectivity index (χ3n) is 3.50. The summed E-state index contributed by atoms with van der Waals surface area (Å²) in [6, 6.07) is 0. The van der Waals surface area contributed by atoms with Gasteiger partial charge in [-0.3, -0.25) is 9.98 Å². The van der Waals surface area contributed by atoms with Gasteiger partial charge in [0, 0.05) is 48.1 Å². The second-order valence-electron chi connectivity index (χ2n) is 5.71. The second kappa shape index (κ2) is 13.6. The molecule has 0 aliphatic rings. The Labute approximate surface area is 141 Å². The van der Waals surface area contributed by atoms with Crippen LogP contribution in [0.5, 0.6) is 0 Å². The number of nitrogens with zero attached hydrogens (tertiary/aromatic N) is 2. The average Bonchev–Trinajstić information content (AvgIpc) is 2.45. The number of hydrogen-bond acceptors (Lipinski definition) is 2. The molecule has 0 amide bonds. The molecule has 0 aliphatic carbocycles. The van der Waals surface area contributed by atoms with E-state index in [9.17, 15) is 0 Å². The van der Waals surface area contributed by atoms with Crippen LogP contribution in [0.2, 0.25) is 0 Å². The van der Waals surface area contributed by atoms with Crippen LogP contribution in [0.15, 0.2) is 9.98 Å². The quantitative estimate of drug-likeness (QED) is 0.241. The first-order valence-corrected chi connectivity index (χ1v) is 9.14. The lowest BCUT2D eigenvalue weighted by Crippen LogP contribution is -2.05. The third-order valence-corrected chi connectivity index (χ3v) is 4.43. The van der Waals surface area contributed by atoms with Crippen LogP contribution in [0.4, 0.5) is 0 Å². The molecule has 0 heterocycles. The van der Waals surface area contributed by atoms with Crippen LogP contribution in [-0.2, 0) is 0 Å². The van der Waals surface area contributed by atoms with Crippen LogP contribution in [0, 0.1) is 0 Å². The number of hydrogen-bond donors (Lipinski definition) is 0. The van der Waals surface area contributed by atoms with Crippen molar-refractivity contribution >= 4 is 34.6 Å². The molecule has 0 aliphatic heterocycles. The van der Waals surface area contributed by atoms with Crippen LogP contribution < -0.4 is 0 Å². The fraction of sp³-hybridized carbons (Fsp3) is 0.882. The summed E-state index contributed by atoms with van der Waals surface area (Å²) in [6.45, 7) is 10.2. The maximum atomic E-state index is 6.11. The summed E-state index contributed by atoms with van der Waals surface area (Å²) in [5, 5.41) is 0.472. The van der Waals surface area contributed by atoms with E-state index >= 15 is 0 Å². The zero-order valence-electron chi connectivity index (χ0n) is 14.2. The van der Waals surface area contributed by atoms with Crippen molar-refractivity contribution in [2.24, 2.45) is 9.98 Å². The Kier molecular flexibility index (Phi) is 13.5. The molecule has 2 nitrogen and oxygen atoms in total. The van der Waals surface area contributed by atoms with Crippen molar-refractivity contribution in [1.82, 2.24) is 0 Å². The number of alkyl halides is 2. The summed E-state index contributed by atoms with van der Waals surface area (Å²) in [5.41, 5.74) is 2.36. The van der Waals surface area contributed by atoms with Crippen LogP contribution in [-0.4, -0.2) is 35.3 Å². The van der Waals surface area contributed by atoms with Crippen molar-refractivity contribution < 1.29 is 0 Å². The molecule has 0 aromatic heterocycles. The molecule has 0 radical (unpaired) electrons. The first-order valence-electron chi connectivity index (χ1n) is 8.27. The van der Waals surface area contributed by atoms with Crippen molar-refractivity contribution in [2.45, 2.75) is 83.4 Å². The summed E-state index contributed by atoms with van der Waals surface area (Å²) in [7, 11) is 0. The highest BCUT2D eigenvalue weighted by atomic mass is 35.5. The van der Waals surface area contributed by atoms with E-state index in [1.165, 1.54) is 17.8 Å². The highest BCUT2D eigenvalue weighted by molar-refractivity contribution is 6.22. The summed E-state index contributed by atoms with van der Waals surface area (Å²) < 4.78 is 0. The van der Waals surface area contributed by atoms with Gasteiger partial charge in [-0.1, -0.05) is 13.8 Å². The first-order chi connectivity index (χ1) is 9.99. The molecule has 0 saturated heterocycles. The SMILES string of the molecule is CCC(Cl)CC(C)=NCCCCCN=C(C)CC(Cl)CC. The van der Waals surface area contributed by atoms with Crippen LogP contribution in [0.1, 0.15) is 72.6 Å². The Hall–Kier alpha value is -0.0800. The molecule has 0 aromatic rings. The van der Waals surface area contributed by atoms with Gasteiger partial charge in [-0.25, -0.2) is 0 Å². The lowest BCUT2D eigenvalue weighted by molar-refractivity contribution is 0.693. The van der Waals surface area contributed by atoms with Crippen LogP contribution in [0.3, 0.4) is 0 Å². The van der Waals surface area contributed by atoms with E-state index in [2.05, 4.69) is 37.7 Å². The van der Waals surface area contributed by atoms with Gasteiger partial charge < -0.3 is 0 Å². The van der Waals surface area contributed by atoms with Crippen molar-refractivity contribution in [3.63, 3.8) is 0 Å². The molecule has 0 aromatic carbocycles. The van der Waals surface area contributed by atoms with Crippen molar-refractivity contribution in [3.05, 3.63) is 0 Å². The van der Waals surface area contributed by atoms with Gasteiger partial charge in [0.25, 0.3) is 0 Å².